The second kappa shape index (κ2) is 6.51. The third kappa shape index (κ3) is 3.79. The molecule has 3 unspecified atom stereocenters. The molecule has 0 aliphatic heterocycles. The van der Waals surface area contributed by atoms with Crippen molar-refractivity contribution in [3.05, 3.63) is 35.6 Å². The molecule has 0 N–H and O–H groups in total. The molecule has 0 spiro atoms. The summed E-state index contributed by atoms with van der Waals surface area (Å²) >= 11 is 0. The molecule has 0 aromatic heterocycles. The molecule has 0 bridgehead atoms. The monoisotopic (exact) mass is 263 g/mol. The van der Waals surface area contributed by atoms with E-state index in [9.17, 15) is 4.39 Å². The van der Waals surface area contributed by atoms with Gasteiger partial charge in [-0.2, -0.15) is 0 Å². The third-order valence-electron chi connectivity index (χ3n) is 4.71. The van der Waals surface area contributed by atoms with Gasteiger partial charge < -0.3 is 4.90 Å². The Kier molecular flexibility index (Phi) is 4.98. The van der Waals surface area contributed by atoms with Gasteiger partial charge in [0.15, 0.2) is 0 Å². The molecule has 0 heterocycles. The first-order chi connectivity index (χ1) is 9.08. The van der Waals surface area contributed by atoms with Crippen LogP contribution in [0.1, 0.15) is 44.1 Å². The van der Waals surface area contributed by atoms with E-state index in [2.05, 4.69) is 25.9 Å². The van der Waals surface area contributed by atoms with Crippen LogP contribution in [0.4, 0.5) is 4.39 Å². The first-order valence-corrected chi connectivity index (χ1v) is 7.48. The Bertz CT molecular complexity index is 385. The van der Waals surface area contributed by atoms with E-state index < -0.39 is 0 Å². The summed E-state index contributed by atoms with van der Waals surface area (Å²) in [5.41, 5.74) is 1.32. The SMILES string of the molecule is CC1C(CCN(C)C)CCCC1c1ccc(F)cc1. The first kappa shape index (κ1) is 14.5. The summed E-state index contributed by atoms with van der Waals surface area (Å²) in [7, 11) is 4.29. The number of hydrogen-bond donors (Lipinski definition) is 0. The summed E-state index contributed by atoms with van der Waals surface area (Å²) < 4.78 is 13.0. The molecular weight excluding hydrogens is 237 g/mol. The minimum Gasteiger partial charge on any atom is -0.309 e. The first-order valence-electron chi connectivity index (χ1n) is 7.48. The molecule has 106 valence electrons. The summed E-state index contributed by atoms with van der Waals surface area (Å²) in [4.78, 5) is 2.27. The van der Waals surface area contributed by atoms with E-state index >= 15 is 0 Å². The van der Waals surface area contributed by atoms with Gasteiger partial charge in [0.05, 0.1) is 0 Å². The van der Waals surface area contributed by atoms with Gasteiger partial charge in [-0.25, -0.2) is 4.39 Å². The fraction of sp³-hybridized carbons (Fsp3) is 0.647. The highest BCUT2D eigenvalue weighted by Crippen LogP contribution is 2.42. The minimum atomic E-state index is -0.128. The second-order valence-corrected chi connectivity index (χ2v) is 6.30. The molecule has 1 aromatic rings. The number of rotatable bonds is 4. The summed E-state index contributed by atoms with van der Waals surface area (Å²) in [6.45, 7) is 3.55. The summed E-state index contributed by atoms with van der Waals surface area (Å²) in [6.07, 6.45) is 5.20. The van der Waals surface area contributed by atoms with Crippen molar-refractivity contribution in [1.29, 1.82) is 0 Å². The Hall–Kier alpha value is -0.890. The van der Waals surface area contributed by atoms with Gasteiger partial charge in [-0.05, 0) is 68.9 Å². The molecule has 2 rings (SSSR count). The van der Waals surface area contributed by atoms with Gasteiger partial charge in [0, 0.05) is 0 Å². The fourth-order valence-corrected chi connectivity index (χ4v) is 3.47. The Morgan fingerprint density at radius 2 is 1.84 bits per heavy atom. The summed E-state index contributed by atoms with van der Waals surface area (Å²) in [5, 5.41) is 0. The van der Waals surface area contributed by atoms with Crippen molar-refractivity contribution < 1.29 is 4.39 Å². The van der Waals surface area contributed by atoms with Crippen LogP contribution in [-0.4, -0.2) is 25.5 Å². The standard InChI is InChI=1S/C17H26FN/c1-13-14(11-12-19(2)3)5-4-6-17(13)15-7-9-16(18)10-8-15/h7-10,13-14,17H,4-6,11-12H2,1-3H3. The maximum absolute atomic E-state index is 13.0. The molecule has 1 saturated carbocycles. The van der Waals surface area contributed by atoms with Crippen molar-refractivity contribution in [2.75, 3.05) is 20.6 Å². The summed E-state index contributed by atoms with van der Waals surface area (Å²) in [5.74, 6) is 2.00. The van der Waals surface area contributed by atoms with Crippen molar-refractivity contribution in [1.82, 2.24) is 4.90 Å². The highest BCUT2D eigenvalue weighted by molar-refractivity contribution is 5.21. The Morgan fingerprint density at radius 3 is 2.47 bits per heavy atom. The normalized spacial score (nSPS) is 27.7. The Morgan fingerprint density at radius 1 is 1.16 bits per heavy atom. The molecule has 3 atom stereocenters. The van der Waals surface area contributed by atoms with Crippen LogP contribution in [0, 0.1) is 17.7 Å². The molecular formula is C17H26FN. The van der Waals surface area contributed by atoms with E-state index in [0.717, 1.165) is 5.92 Å². The minimum absolute atomic E-state index is 0.128. The van der Waals surface area contributed by atoms with Crippen molar-refractivity contribution in [3.8, 4) is 0 Å². The lowest BCUT2D eigenvalue weighted by atomic mass is 9.69. The average Bonchev–Trinajstić information content (AvgIpc) is 2.39. The molecule has 1 aliphatic rings. The zero-order valence-corrected chi connectivity index (χ0v) is 12.4. The maximum atomic E-state index is 13.0. The zero-order chi connectivity index (χ0) is 13.8. The lowest BCUT2D eigenvalue weighted by molar-refractivity contribution is 0.193. The van der Waals surface area contributed by atoms with Crippen LogP contribution >= 0.6 is 0 Å². The second-order valence-electron chi connectivity index (χ2n) is 6.30. The maximum Gasteiger partial charge on any atom is 0.123 e. The van der Waals surface area contributed by atoms with E-state index in [4.69, 9.17) is 0 Å². The van der Waals surface area contributed by atoms with Crippen LogP contribution in [-0.2, 0) is 0 Å². The third-order valence-corrected chi connectivity index (χ3v) is 4.71. The van der Waals surface area contributed by atoms with Gasteiger partial charge >= 0.3 is 0 Å². The van der Waals surface area contributed by atoms with Crippen molar-refractivity contribution >= 4 is 0 Å². The molecule has 1 fully saturated rings. The smallest absolute Gasteiger partial charge is 0.123 e. The van der Waals surface area contributed by atoms with Crippen molar-refractivity contribution in [3.63, 3.8) is 0 Å². The number of hydrogen-bond acceptors (Lipinski definition) is 1. The van der Waals surface area contributed by atoms with E-state index in [0.29, 0.717) is 11.8 Å². The van der Waals surface area contributed by atoms with Crippen LogP contribution in [0.3, 0.4) is 0 Å². The molecule has 0 radical (unpaired) electrons. The van der Waals surface area contributed by atoms with Gasteiger partial charge in [-0.3, -0.25) is 0 Å². The van der Waals surface area contributed by atoms with Gasteiger partial charge in [0.25, 0.3) is 0 Å². The van der Waals surface area contributed by atoms with Crippen molar-refractivity contribution in [2.24, 2.45) is 11.8 Å². The number of nitrogens with zero attached hydrogens (tertiary/aromatic N) is 1. The van der Waals surface area contributed by atoms with Gasteiger partial charge in [-0.15, -0.1) is 0 Å². The lowest BCUT2D eigenvalue weighted by Gasteiger charge is -2.37. The van der Waals surface area contributed by atoms with Crippen LogP contribution in [0.15, 0.2) is 24.3 Å². The van der Waals surface area contributed by atoms with Gasteiger partial charge in [-0.1, -0.05) is 31.9 Å². The number of halogens is 1. The lowest BCUT2D eigenvalue weighted by Crippen LogP contribution is -2.27. The van der Waals surface area contributed by atoms with E-state index in [1.54, 1.807) is 12.1 Å². The largest absolute Gasteiger partial charge is 0.309 e. The van der Waals surface area contributed by atoms with Crippen LogP contribution < -0.4 is 0 Å². The molecule has 19 heavy (non-hydrogen) atoms. The molecule has 0 saturated heterocycles. The predicted molar refractivity (Wildman–Crippen MR) is 78.8 cm³/mol. The van der Waals surface area contributed by atoms with E-state index in [-0.39, 0.29) is 5.82 Å². The summed E-state index contributed by atoms with van der Waals surface area (Å²) in [6, 6.07) is 7.16. The average molecular weight is 263 g/mol. The Labute approximate surface area is 116 Å². The molecule has 1 aliphatic carbocycles. The fourth-order valence-electron chi connectivity index (χ4n) is 3.47. The van der Waals surface area contributed by atoms with E-state index in [1.807, 2.05) is 12.1 Å². The van der Waals surface area contributed by atoms with E-state index in [1.165, 1.54) is 37.8 Å². The quantitative estimate of drug-likeness (QED) is 0.783. The van der Waals surface area contributed by atoms with Crippen LogP contribution in [0.25, 0.3) is 0 Å². The molecule has 2 heteroatoms. The van der Waals surface area contributed by atoms with Gasteiger partial charge in [0.2, 0.25) is 0 Å². The van der Waals surface area contributed by atoms with Crippen LogP contribution in [0.5, 0.6) is 0 Å². The van der Waals surface area contributed by atoms with Crippen molar-refractivity contribution in [2.45, 2.75) is 38.5 Å². The topological polar surface area (TPSA) is 3.24 Å². The predicted octanol–water partition coefficient (Wildman–Crippen LogP) is 4.30. The highest BCUT2D eigenvalue weighted by Gasteiger charge is 2.30. The van der Waals surface area contributed by atoms with Gasteiger partial charge in [0.1, 0.15) is 5.82 Å². The number of benzene rings is 1. The molecule has 0 amide bonds. The Balaban J connectivity index is 2.03. The highest BCUT2D eigenvalue weighted by atomic mass is 19.1. The van der Waals surface area contributed by atoms with Crippen LogP contribution in [0.2, 0.25) is 0 Å². The molecule has 1 aromatic carbocycles. The zero-order valence-electron chi connectivity index (χ0n) is 12.4. The molecule has 1 nitrogen and oxygen atoms in total.